The number of amides is 1. The van der Waals surface area contributed by atoms with E-state index >= 15 is 0 Å². The minimum Gasteiger partial charge on any atom is -0.502 e. The Labute approximate surface area is 195 Å². The van der Waals surface area contributed by atoms with Crippen LogP contribution in [-0.4, -0.2) is 51.1 Å². The Kier molecular flexibility index (Phi) is 5.58. The van der Waals surface area contributed by atoms with Crippen LogP contribution in [0.25, 0.3) is 0 Å². The third kappa shape index (κ3) is 3.44. The molecule has 0 aromatic heterocycles. The average molecular weight is 471 g/mol. The van der Waals surface area contributed by atoms with Crippen LogP contribution < -0.4 is 35.5 Å². The van der Waals surface area contributed by atoms with Crippen LogP contribution in [0.1, 0.15) is 28.7 Å². The van der Waals surface area contributed by atoms with Gasteiger partial charge in [0.15, 0.2) is 23.0 Å². The van der Waals surface area contributed by atoms with Crippen molar-refractivity contribution in [1.29, 1.82) is 0 Å². The summed E-state index contributed by atoms with van der Waals surface area (Å²) in [6.07, 6.45) is 0. The molecule has 1 amide bonds. The number of hydrogen-bond acceptors (Lipinski definition) is 10. The quantitative estimate of drug-likeness (QED) is 0.269. The molecule has 2 aliphatic heterocycles. The minimum atomic E-state index is -0.608. The predicted octanol–water partition coefficient (Wildman–Crippen LogP) is 0.693. The standard InChI is InChI=1S/C23H25N3O8/c1-30-16-3-10(4-17(31-2)22(16)28)19-11-5-14-15(34-9-33-14)6-12(11)21(26-18(27)7-25-24)13-8-32-23(29)20(13)19/h3-6,13,19-21,25,28H,7-9,24H2,1-2H3,(H,26,27)/t13-,19?,20?,21?/m0/s1. The Hall–Kier alpha value is -3.70. The van der Waals surface area contributed by atoms with Gasteiger partial charge in [-0.3, -0.25) is 20.9 Å². The third-order valence-corrected chi connectivity index (χ3v) is 6.63. The lowest BCUT2D eigenvalue weighted by Crippen LogP contribution is -2.45. The van der Waals surface area contributed by atoms with E-state index in [-0.39, 0.29) is 55.0 Å². The number of phenols is 1. The first-order valence-corrected chi connectivity index (χ1v) is 10.7. The second kappa shape index (κ2) is 8.58. The molecule has 2 heterocycles. The van der Waals surface area contributed by atoms with Gasteiger partial charge in [0.2, 0.25) is 18.4 Å². The first-order valence-electron chi connectivity index (χ1n) is 10.7. The van der Waals surface area contributed by atoms with Gasteiger partial charge in [-0.2, -0.15) is 0 Å². The van der Waals surface area contributed by atoms with E-state index in [1.54, 1.807) is 12.1 Å². The number of carbonyl (C=O) groups excluding carboxylic acids is 2. The van der Waals surface area contributed by atoms with Crippen molar-refractivity contribution in [2.24, 2.45) is 17.7 Å². The number of phenolic OH excluding ortho intramolecular Hbond substituents is 1. The molecule has 5 N–H and O–H groups in total. The van der Waals surface area contributed by atoms with E-state index in [1.165, 1.54) is 14.2 Å². The van der Waals surface area contributed by atoms with Gasteiger partial charge in [0.05, 0.1) is 39.3 Å². The molecule has 11 nitrogen and oxygen atoms in total. The van der Waals surface area contributed by atoms with E-state index in [0.29, 0.717) is 17.1 Å². The summed E-state index contributed by atoms with van der Waals surface area (Å²) >= 11 is 0. The lowest BCUT2D eigenvalue weighted by atomic mass is 9.65. The van der Waals surface area contributed by atoms with Crippen molar-refractivity contribution in [3.05, 3.63) is 41.0 Å². The summed E-state index contributed by atoms with van der Waals surface area (Å²) in [6, 6.07) is 6.50. The lowest BCUT2D eigenvalue weighted by Gasteiger charge is -2.39. The molecule has 180 valence electrons. The molecule has 0 radical (unpaired) electrons. The largest absolute Gasteiger partial charge is 0.502 e. The minimum absolute atomic E-state index is 0.0762. The van der Waals surface area contributed by atoms with E-state index < -0.39 is 17.9 Å². The molecule has 2 aromatic rings. The highest BCUT2D eigenvalue weighted by Crippen LogP contribution is 2.55. The van der Waals surface area contributed by atoms with E-state index in [9.17, 15) is 14.7 Å². The number of carbonyl (C=O) groups is 2. The van der Waals surface area contributed by atoms with E-state index in [0.717, 1.165) is 11.1 Å². The molecule has 1 saturated heterocycles. The molecular weight excluding hydrogens is 446 g/mol. The van der Waals surface area contributed by atoms with Crippen LogP contribution in [0.15, 0.2) is 24.3 Å². The molecule has 0 spiro atoms. The van der Waals surface area contributed by atoms with E-state index in [2.05, 4.69) is 10.7 Å². The van der Waals surface area contributed by atoms with Crippen LogP contribution in [0.2, 0.25) is 0 Å². The third-order valence-electron chi connectivity index (χ3n) is 6.63. The first-order chi connectivity index (χ1) is 16.5. The maximum Gasteiger partial charge on any atom is 0.310 e. The molecule has 1 fully saturated rings. The number of nitrogens with two attached hydrogens (primary N) is 1. The monoisotopic (exact) mass is 471 g/mol. The Bertz CT molecular complexity index is 1130. The lowest BCUT2D eigenvalue weighted by molar-refractivity contribution is -0.141. The topological polar surface area (TPSA) is 151 Å². The van der Waals surface area contributed by atoms with Gasteiger partial charge in [-0.25, -0.2) is 0 Å². The smallest absolute Gasteiger partial charge is 0.310 e. The Morgan fingerprint density at radius 2 is 1.74 bits per heavy atom. The number of hydrazine groups is 1. The highest BCUT2D eigenvalue weighted by atomic mass is 16.7. The van der Waals surface area contributed by atoms with Crippen LogP contribution in [0, 0.1) is 11.8 Å². The summed E-state index contributed by atoms with van der Waals surface area (Å²) < 4.78 is 27.4. The zero-order valence-corrected chi connectivity index (χ0v) is 18.6. The van der Waals surface area contributed by atoms with Gasteiger partial charge in [-0.05, 0) is 41.0 Å². The Balaban J connectivity index is 1.71. The molecule has 0 saturated carbocycles. The van der Waals surface area contributed by atoms with Crippen molar-refractivity contribution in [3.63, 3.8) is 0 Å². The summed E-state index contributed by atoms with van der Waals surface area (Å²) in [7, 11) is 2.88. The average Bonchev–Trinajstić information content (AvgIpc) is 3.45. The number of esters is 1. The normalized spacial score (nSPS) is 24.1. The summed E-state index contributed by atoms with van der Waals surface area (Å²) in [6.45, 7) is 0.131. The van der Waals surface area contributed by atoms with Crippen LogP contribution in [0.3, 0.4) is 0 Å². The van der Waals surface area contributed by atoms with Crippen LogP contribution in [-0.2, 0) is 14.3 Å². The fourth-order valence-corrected chi connectivity index (χ4v) is 5.16. The second-order valence-corrected chi connectivity index (χ2v) is 8.33. The summed E-state index contributed by atoms with van der Waals surface area (Å²) in [4.78, 5) is 25.5. The van der Waals surface area contributed by atoms with Crippen molar-refractivity contribution in [1.82, 2.24) is 10.7 Å². The molecule has 2 aromatic carbocycles. The van der Waals surface area contributed by atoms with Gasteiger partial charge >= 0.3 is 5.97 Å². The number of cyclic esters (lactones) is 1. The van der Waals surface area contributed by atoms with Crippen molar-refractivity contribution in [2.45, 2.75) is 12.0 Å². The van der Waals surface area contributed by atoms with Crippen molar-refractivity contribution in [3.8, 4) is 28.7 Å². The molecule has 3 aliphatic rings. The molecule has 3 unspecified atom stereocenters. The summed E-state index contributed by atoms with van der Waals surface area (Å²) in [5.41, 5.74) is 4.59. The SMILES string of the molecule is COc1cc(C2c3cc4c(cc3C(NC(=O)CNN)[C@H]3COC(=O)C23)OCO4)cc(OC)c1O. The highest BCUT2D eigenvalue weighted by Gasteiger charge is 2.53. The van der Waals surface area contributed by atoms with Gasteiger partial charge < -0.3 is 34.1 Å². The molecular formula is C23H25N3O8. The molecule has 11 heteroatoms. The molecule has 4 atom stereocenters. The number of aromatic hydroxyl groups is 1. The van der Waals surface area contributed by atoms with Gasteiger partial charge in [0, 0.05) is 11.8 Å². The molecule has 0 bridgehead atoms. The number of methoxy groups -OCH3 is 2. The Morgan fingerprint density at radius 1 is 1.09 bits per heavy atom. The maximum atomic E-state index is 13.0. The Morgan fingerprint density at radius 3 is 2.35 bits per heavy atom. The number of ether oxygens (including phenoxy) is 5. The van der Waals surface area contributed by atoms with Crippen LogP contribution in [0.4, 0.5) is 0 Å². The van der Waals surface area contributed by atoms with Gasteiger partial charge in [-0.15, -0.1) is 0 Å². The van der Waals surface area contributed by atoms with Crippen LogP contribution >= 0.6 is 0 Å². The second-order valence-electron chi connectivity index (χ2n) is 8.33. The number of hydrogen-bond donors (Lipinski definition) is 4. The van der Waals surface area contributed by atoms with Crippen LogP contribution in [0.5, 0.6) is 28.7 Å². The van der Waals surface area contributed by atoms with Crippen molar-refractivity contribution < 1.29 is 38.4 Å². The van der Waals surface area contributed by atoms with Crippen molar-refractivity contribution in [2.75, 3.05) is 34.2 Å². The van der Waals surface area contributed by atoms with E-state index in [1.807, 2.05) is 12.1 Å². The first kappa shape index (κ1) is 22.1. The summed E-state index contributed by atoms with van der Waals surface area (Å²) in [5.74, 6) is 4.58. The molecule has 5 rings (SSSR count). The van der Waals surface area contributed by atoms with Crippen molar-refractivity contribution >= 4 is 11.9 Å². The number of benzene rings is 2. The predicted molar refractivity (Wildman–Crippen MR) is 117 cm³/mol. The highest BCUT2D eigenvalue weighted by molar-refractivity contribution is 5.81. The van der Waals surface area contributed by atoms with Gasteiger partial charge in [-0.1, -0.05) is 0 Å². The number of rotatable bonds is 6. The zero-order chi connectivity index (χ0) is 24.0. The molecule has 1 aliphatic carbocycles. The number of fused-ring (bicyclic) bond motifs is 3. The summed E-state index contributed by atoms with van der Waals surface area (Å²) in [5, 5.41) is 13.4. The zero-order valence-electron chi connectivity index (χ0n) is 18.6. The van der Waals surface area contributed by atoms with Gasteiger partial charge in [0.25, 0.3) is 0 Å². The van der Waals surface area contributed by atoms with Gasteiger partial charge in [0.1, 0.15) is 0 Å². The number of nitrogens with one attached hydrogen (secondary N) is 2. The van der Waals surface area contributed by atoms with E-state index in [4.69, 9.17) is 29.5 Å². The molecule has 34 heavy (non-hydrogen) atoms. The fraction of sp³-hybridized carbons (Fsp3) is 0.391. The maximum absolute atomic E-state index is 13.0. The fourth-order valence-electron chi connectivity index (χ4n) is 5.16.